The number of hydrogen-bond acceptors (Lipinski definition) is 2. The van der Waals surface area contributed by atoms with E-state index in [9.17, 15) is 0 Å². The van der Waals surface area contributed by atoms with E-state index in [2.05, 4.69) is 133 Å². The molecule has 0 radical (unpaired) electrons. The molecule has 0 nitrogen and oxygen atoms in total. The molecule has 0 aliphatic rings. The summed E-state index contributed by atoms with van der Waals surface area (Å²) in [6.45, 7) is 0. The highest BCUT2D eigenvalue weighted by atomic mass is 32.1. The fraction of sp³-hybridized carbons (Fsp3) is 0. The maximum absolute atomic E-state index is 2.33. The Balaban J connectivity index is 1.47. The summed E-state index contributed by atoms with van der Waals surface area (Å²) in [5.74, 6) is 0. The third kappa shape index (κ3) is 3.06. The second-order valence-corrected chi connectivity index (χ2v) is 12.4. The summed E-state index contributed by atoms with van der Waals surface area (Å²) in [7, 11) is 0. The van der Waals surface area contributed by atoms with Crippen LogP contribution in [0.15, 0.2) is 133 Å². The van der Waals surface area contributed by atoms with Crippen LogP contribution in [0.25, 0.3) is 84.8 Å². The third-order valence-corrected chi connectivity index (χ3v) is 10.6. The zero-order valence-electron chi connectivity index (χ0n) is 21.5. The highest BCUT2D eigenvalue weighted by Gasteiger charge is 2.20. The van der Waals surface area contributed by atoms with Crippen LogP contribution in [0.5, 0.6) is 0 Å². The van der Waals surface area contributed by atoms with Crippen molar-refractivity contribution < 1.29 is 0 Å². The highest BCUT2D eigenvalue weighted by molar-refractivity contribution is 7.30. The maximum Gasteiger partial charge on any atom is 0.0533 e. The first kappa shape index (κ1) is 22.3. The molecule has 2 aromatic heterocycles. The van der Waals surface area contributed by atoms with Crippen molar-refractivity contribution in [1.29, 1.82) is 0 Å². The van der Waals surface area contributed by atoms with Crippen LogP contribution in [-0.4, -0.2) is 0 Å². The Morgan fingerprint density at radius 2 is 0.975 bits per heavy atom. The fourth-order valence-electron chi connectivity index (χ4n) is 6.67. The van der Waals surface area contributed by atoms with Gasteiger partial charge in [-0.05, 0) is 77.5 Å². The number of thiophene rings is 2. The lowest BCUT2D eigenvalue weighted by atomic mass is 9.84. The first-order valence-electron chi connectivity index (χ1n) is 13.6. The van der Waals surface area contributed by atoms with Crippen LogP contribution in [0.1, 0.15) is 0 Å². The van der Waals surface area contributed by atoms with Crippen molar-refractivity contribution >= 4 is 85.2 Å². The Bertz CT molecular complexity index is 2370. The molecule has 0 bridgehead atoms. The zero-order valence-corrected chi connectivity index (χ0v) is 23.2. The van der Waals surface area contributed by atoms with Crippen LogP contribution in [0.3, 0.4) is 0 Å². The molecule has 0 unspecified atom stereocenters. The second kappa shape index (κ2) is 8.50. The smallest absolute Gasteiger partial charge is 0.0533 e. The average Bonchev–Trinajstić information content (AvgIpc) is 3.64. The lowest BCUT2D eigenvalue weighted by Crippen LogP contribution is -1.92. The zero-order chi connectivity index (χ0) is 26.2. The highest BCUT2D eigenvalue weighted by Crippen LogP contribution is 2.49. The Hall–Kier alpha value is -4.50. The van der Waals surface area contributed by atoms with E-state index in [0.29, 0.717) is 0 Å². The van der Waals surface area contributed by atoms with E-state index in [4.69, 9.17) is 0 Å². The average molecular weight is 543 g/mol. The van der Waals surface area contributed by atoms with Crippen LogP contribution < -0.4 is 0 Å². The Kier molecular flexibility index (Phi) is 4.74. The molecule has 2 heteroatoms. The van der Waals surface area contributed by atoms with Crippen molar-refractivity contribution in [2.45, 2.75) is 0 Å². The Morgan fingerprint density at radius 3 is 1.73 bits per heavy atom. The van der Waals surface area contributed by atoms with Crippen molar-refractivity contribution in [1.82, 2.24) is 0 Å². The van der Waals surface area contributed by atoms with Crippen LogP contribution in [-0.2, 0) is 0 Å². The monoisotopic (exact) mass is 542 g/mol. The van der Waals surface area contributed by atoms with Crippen LogP contribution >= 0.6 is 22.7 Å². The first-order valence-corrected chi connectivity index (χ1v) is 15.3. The molecule has 0 saturated carbocycles. The van der Waals surface area contributed by atoms with Gasteiger partial charge in [0.25, 0.3) is 0 Å². The van der Waals surface area contributed by atoms with Gasteiger partial charge in [-0.2, -0.15) is 0 Å². The van der Waals surface area contributed by atoms with Gasteiger partial charge in [0.15, 0.2) is 0 Å². The summed E-state index contributed by atoms with van der Waals surface area (Å²) >= 11 is 3.78. The Morgan fingerprint density at radius 1 is 0.375 bits per heavy atom. The largest absolute Gasteiger partial charge is 0.142 e. The molecule has 7 aromatic carbocycles. The van der Waals surface area contributed by atoms with E-state index in [1.54, 1.807) is 0 Å². The Labute approximate surface area is 239 Å². The van der Waals surface area contributed by atoms with E-state index in [0.717, 1.165) is 0 Å². The standard InChI is InChI=1S/C38H22S2/c1-2-11-25-23(9-1)10-7-16-26(25)34-27-12-3-5-14-29(27)35(30-15-6-4-13-28(30)34)31-17-8-18-33-36(31)32-20-19-24-21-22-39-37(24)38(32)40-33/h1-22H. The molecule has 0 amide bonds. The molecule has 0 N–H and O–H groups in total. The molecule has 0 saturated heterocycles. The molecule has 186 valence electrons. The third-order valence-electron chi connectivity index (χ3n) is 8.34. The quantitative estimate of drug-likeness (QED) is 0.191. The minimum atomic E-state index is 1.27. The molecule has 0 aliphatic carbocycles. The molecular formula is C38H22S2. The number of rotatable bonds is 2. The predicted octanol–water partition coefficient (Wildman–Crippen LogP) is 12.1. The van der Waals surface area contributed by atoms with Crippen molar-refractivity contribution in [3.63, 3.8) is 0 Å². The summed E-state index contributed by atoms with van der Waals surface area (Å²) < 4.78 is 4.14. The lowest BCUT2D eigenvalue weighted by Gasteiger charge is -2.19. The van der Waals surface area contributed by atoms with Crippen molar-refractivity contribution in [3.8, 4) is 22.3 Å². The molecule has 2 heterocycles. The van der Waals surface area contributed by atoms with Gasteiger partial charge in [0, 0.05) is 15.5 Å². The van der Waals surface area contributed by atoms with Crippen molar-refractivity contribution in [2.75, 3.05) is 0 Å². The minimum absolute atomic E-state index is 1.27. The maximum atomic E-state index is 2.33. The summed E-state index contributed by atoms with van der Waals surface area (Å²) in [5, 5.41) is 14.0. The minimum Gasteiger partial charge on any atom is -0.142 e. The van der Waals surface area contributed by atoms with E-state index < -0.39 is 0 Å². The van der Waals surface area contributed by atoms with E-state index >= 15 is 0 Å². The van der Waals surface area contributed by atoms with Gasteiger partial charge in [0.05, 0.1) is 9.40 Å². The topological polar surface area (TPSA) is 0 Å². The van der Waals surface area contributed by atoms with Crippen LogP contribution in [0.4, 0.5) is 0 Å². The van der Waals surface area contributed by atoms with Crippen molar-refractivity contribution in [3.05, 3.63) is 133 Å². The molecule has 9 aromatic rings. The number of hydrogen-bond donors (Lipinski definition) is 0. The normalized spacial score (nSPS) is 12.0. The van der Waals surface area contributed by atoms with Gasteiger partial charge in [0.2, 0.25) is 0 Å². The molecular weight excluding hydrogens is 521 g/mol. The van der Waals surface area contributed by atoms with E-state index in [-0.39, 0.29) is 0 Å². The van der Waals surface area contributed by atoms with E-state index in [1.165, 1.54) is 84.8 Å². The number of fused-ring (bicyclic) bond motifs is 8. The SMILES string of the molecule is c1ccc2c(-c3c4ccccc4c(-c4cccc5sc6c(ccc7ccsc76)c45)c4ccccc34)cccc2c1. The molecule has 40 heavy (non-hydrogen) atoms. The van der Waals surface area contributed by atoms with Crippen molar-refractivity contribution in [2.24, 2.45) is 0 Å². The van der Waals surface area contributed by atoms with Gasteiger partial charge >= 0.3 is 0 Å². The fourth-order valence-corrected chi connectivity index (χ4v) is 8.96. The summed E-state index contributed by atoms with van der Waals surface area (Å²) in [6, 6.07) is 47.2. The molecule has 9 rings (SSSR count). The lowest BCUT2D eigenvalue weighted by molar-refractivity contribution is 1.69. The van der Waals surface area contributed by atoms with Gasteiger partial charge in [-0.25, -0.2) is 0 Å². The van der Waals surface area contributed by atoms with Crippen LogP contribution in [0, 0.1) is 0 Å². The molecule has 0 spiro atoms. The summed E-state index contributed by atoms with van der Waals surface area (Å²) in [6.07, 6.45) is 0. The van der Waals surface area contributed by atoms with Gasteiger partial charge in [0.1, 0.15) is 0 Å². The molecule has 0 atom stereocenters. The second-order valence-electron chi connectivity index (χ2n) is 10.4. The van der Waals surface area contributed by atoms with Gasteiger partial charge < -0.3 is 0 Å². The summed E-state index contributed by atoms with van der Waals surface area (Å²) in [5.41, 5.74) is 5.24. The first-order chi connectivity index (χ1) is 19.9. The van der Waals surface area contributed by atoms with Gasteiger partial charge in [-0.3, -0.25) is 0 Å². The number of benzene rings is 7. The van der Waals surface area contributed by atoms with Gasteiger partial charge in [-0.15, -0.1) is 22.7 Å². The van der Waals surface area contributed by atoms with Gasteiger partial charge in [-0.1, -0.05) is 115 Å². The van der Waals surface area contributed by atoms with E-state index in [1.807, 2.05) is 22.7 Å². The van der Waals surface area contributed by atoms with Crippen LogP contribution in [0.2, 0.25) is 0 Å². The summed E-state index contributed by atoms with van der Waals surface area (Å²) in [4.78, 5) is 0. The molecule has 0 aliphatic heterocycles. The molecule has 0 fully saturated rings. The predicted molar refractivity (Wildman–Crippen MR) is 178 cm³/mol.